The maximum atomic E-state index is 9.58. The molecule has 1 saturated heterocycles. The predicted molar refractivity (Wildman–Crippen MR) is 47.4 cm³/mol. The summed E-state index contributed by atoms with van der Waals surface area (Å²) in [4.78, 5) is 0. The highest BCUT2D eigenvalue weighted by Crippen LogP contribution is 2.33. The highest BCUT2D eigenvalue weighted by atomic mass is 16.7. The highest BCUT2D eigenvalue weighted by Gasteiger charge is 2.52. The first-order chi connectivity index (χ1) is 6.61. The van der Waals surface area contributed by atoms with Crippen molar-refractivity contribution in [3.8, 4) is 0 Å². The fourth-order valence-corrected chi connectivity index (χ4v) is 1.71. The molecular formula is C8H17NO5. The zero-order valence-electron chi connectivity index (χ0n) is 8.09. The minimum absolute atomic E-state index is 0.160. The maximum Gasteiger partial charge on any atom is 0.188 e. The van der Waals surface area contributed by atoms with Gasteiger partial charge < -0.3 is 30.5 Å². The number of ether oxygens (including phenoxy) is 2. The number of aliphatic hydroxyl groups excluding tert-OH is 3. The van der Waals surface area contributed by atoms with Crippen LogP contribution in [-0.2, 0) is 9.47 Å². The first kappa shape index (κ1) is 11.8. The zero-order valence-corrected chi connectivity index (χ0v) is 8.09. The van der Waals surface area contributed by atoms with E-state index < -0.39 is 24.0 Å². The molecule has 1 rings (SSSR count). The molecule has 6 nitrogen and oxygen atoms in total. The molecule has 1 aliphatic heterocycles. The molecule has 5 N–H and O–H groups in total. The molecule has 84 valence electrons. The number of aliphatic hydroxyl groups is 3. The van der Waals surface area contributed by atoms with Crippen LogP contribution in [0.4, 0.5) is 0 Å². The Labute approximate surface area is 82.2 Å². The molecule has 0 amide bonds. The van der Waals surface area contributed by atoms with E-state index in [1.54, 1.807) is 0 Å². The predicted octanol–water partition coefficient (Wildman–Crippen LogP) is -2.21. The van der Waals surface area contributed by atoms with Crippen molar-refractivity contribution in [2.75, 3.05) is 20.3 Å². The van der Waals surface area contributed by atoms with Crippen molar-refractivity contribution in [2.24, 2.45) is 5.73 Å². The topological polar surface area (TPSA) is 105 Å². The largest absolute Gasteiger partial charge is 0.396 e. The molecule has 1 heterocycles. The van der Waals surface area contributed by atoms with Crippen LogP contribution in [0.1, 0.15) is 6.42 Å². The molecule has 6 heteroatoms. The molecule has 0 saturated carbocycles. The van der Waals surface area contributed by atoms with Crippen LogP contribution in [0.2, 0.25) is 0 Å². The second kappa shape index (κ2) is 4.52. The van der Waals surface area contributed by atoms with E-state index in [0.717, 1.165) is 0 Å². The van der Waals surface area contributed by atoms with E-state index in [9.17, 15) is 5.11 Å². The van der Waals surface area contributed by atoms with Crippen molar-refractivity contribution < 1.29 is 24.8 Å². The van der Waals surface area contributed by atoms with Gasteiger partial charge in [-0.3, -0.25) is 0 Å². The lowest BCUT2D eigenvalue weighted by Crippen LogP contribution is -2.51. The molecule has 1 fully saturated rings. The van der Waals surface area contributed by atoms with Gasteiger partial charge in [0.15, 0.2) is 5.79 Å². The molecule has 0 aromatic heterocycles. The molecule has 0 unspecified atom stereocenters. The van der Waals surface area contributed by atoms with E-state index in [2.05, 4.69) is 0 Å². The summed E-state index contributed by atoms with van der Waals surface area (Å²) in [5, 5.41) is 27.3. The molecule has 0 bridgehead atoms. The van der Waals surface area contributed by atoms with Gasteiger partial charge in [0.2, 0.25) is 0 Å². The Morgan fingerprint density at radius 2 is 2.14 bits per heavy atom. The zero-order chi connectivity index (χ0) is 10.8. The second-order valence-electron chi connectivity index (χ2n) is 3.34. The summed E-state index contributed by atoms with van der Waals surface area (Å²) in [6.45, 7) is -0.488. The summed E-state index contributed by atoms with van der Waals surface area (Å²) in [5.74, 6) is -1.19. The Bertz CT molecular complexity index is 191. The average molecular weight is 207 g/mol. The summed E-state index contributed by atoms with van der Waals surface area (Å²) in [6.07, 6.45) is -1.57. The van der Waals surface area contributed by atoms with Gasteiger partial charge in [-0.1, -0.05) is 0 Å². The number of hydrogen-bond donors (Lipinski definition) is 4. The molecular weight excluding hydrogens is 190 g/mol. The maximum absolute atomic E-state index is 9.58. The summed E-state index contributed by atoms with van der Waals surface area (Å²) < 4.78 is 10.4. The van der Waals surface area contributed by atoms with Crippen LogP contribution in [0.3, 0.4) is 0 Å². The van der Waals surface area contributed by atoms with Crippen LogP contribution in [0.25, 0.3) is 0 Å². The van der Waals surface area contributed by atoms with E-state index in [-0.39, 0.29) is 19.6 Å². The van der Waals surface area contributed by atoms with Gasteiger partial charge in [0.1, 0.15) is 12.2 Å². The summed E-state index contributed by atoms with van der Waals surface area (Å²) in [7, 11) is 1.39. The molecule has 0 radical (unpaired) electrons. The third kappa shape index (κ3) is 1.77. The van der Waals surface area contributed by atoms with E-state index in [1.807, 2.05) is 0 Å². The standard InChI is InChI=1S/C8H17NO5/c1-13-8(2-3-10)7(9)6(12)5(4-11)14-8/h5-7,10-12H,2-4,9H2,1H3/t5-,6-,7-,8-/m0/s1. The van der Waals surface area contributed by atoms with Crippen molar-refractivity contribution >= 4 is 0 Å². The van der Waals surface area contributed by atoms with Crippen molar-refractivity contribution in [3.63, 3.8) is 0 Å². The molecule has 4 atom stereocenters. The van der Waals surface area contributed by atoms with E-state index in [0.29, 0.717) is 0 Å². The third-order valence-corrected chi connectivity index (χ3v) is 2.59. The Morgan fingerprint density at radius 3 is 2.50 bits per heavy atom. The monoisotopic (exact) mass is 207 g/mol. The van der Waals surface area contributed by atoms with Crippen molar-refractivity contribution in [1.29, 1.82) is 0 Å². The average Bonchev–Trinajstić information content (AvgIpc) is 2.44. The molecule has 1 aliphatic rings. The van der Waals surface area contributed by atoms with Crippen LogP contribution in [0.15, 0.2) is 0 Å². The summed E-state index contributed by atoms with van der Waals surface area (Å²) >= 11 is 0. The third-order valence-electron chi connectivity index (χ3n) is 2.59. The van der Waals surface area contributed by atoms with Crippen LogP contribution < -0.4 is 5.73 Å². The second-order valence-corrected chi connectivity index (χ2v) is 3.34. The van der Waals surface area contributed by atoms with E-state index in [1.165, 1.54) is 7.11 Å². The highest BCUT2D eigenvalue weighted by molar-refractivity contribution is 4.99. The normalized spacial score (nSPS) is 43.1. The number of methoxy groups -OCH3 is 1. The molecule has 0 aromatic rings. The number of hydrogen-bond acceptors (Lipinski definition) is 6. The lowest BCUT2D eigenvalue weighted by atomic mass is 10.0. The van der Waals surface area contributed by atoms with Gasteiger partial charge in [0, 0.05) is 20.1 Å². The van der Waals surface area contributed by atoms with E-state index in [4.69, 9.17) is 25.4 Å². The van der Waals surface area contributed by atoms with Crippen molar-refractivity contribution in [3.05, 3.63) is 0 Å². The van der Waals surface area contributed by atoms with Crippen molar-refractivity contribution in [1.82, 2.24) is 0 Å². The SMILES string of the molecule is CO[C@@]1(CCO)O[C@@H](CO)[C@H](O)[C@@H]1N. The van der Waals surface area contributed by atoms with Crippen LogP contribution in [0.5, 0.6) is 0 Å². The smallest absolute Gasteiger partial charge is 0.188 e. The Kier molecular flexibility index (Phi) is 3.82. The van der Waals surface area contributed by atoms with Crippen molar-refractivity contribution in [2.45, 2.75) is 30.5 Å². The van der Waals surface area contributed by atoms with Gasteiger partial charge >= 0.3 is 0 Å². The van der Waals surface area contributed by atoms with Gasteiger partial charge in [-0.25, -0.2) is 0 Å². The quantitative estimate of drug-likeness (QED) is 0.416. The lowest BCUT2D eigenvalue weighted by Gasteiger charge is -2.30. The fraction of sp³-hybridized carbons (Fsp3) is 1.00. The first-order valence-corrected chi connectivity index (χ1v) is 4.49. The molecule has 0 spiro atoms. The van der Waals surface area contributed by atoms with Gasteiger partial charge in [-0.2, -0.15) is 0 Å². The Balaban J connectivity index is 2.78. The lowest BCUT2D eigenvalue weighted by molar-refractivity contribution is -0.228. The van der Waals surface area contributed by atoms with Gasteiger partial charge in [0.25, 0.3) is 0 Å². The molecule has 14 heavy (non-hydrogen) atoms. The van der Waals surface area contributed by atoms with Crippen LogP contribution in [0, 0.1) is 0 Å². The summed E-state index contributed by atoms with van der Waals surface area (Å²) in [6, 6.07) is -0.767. The van der Waals surface area contributed by atoms with Gasteiger partial charge in [-0.15, -0.1) is 0 Å². The van der Waals surface area contributed by atoms with Gasteiger partial charge in [0.05, 0.1) is 12.6 Å². The van der Waals surface area contributed by atoms with Gasteiger partial charge in [-0.05, 0) is 0 Å². The Hall–Kier alpha value is -0.240. The van der Waals surface area contributed by atoms with Crippen LogP contribution in [-0.4, -0.2) is 59.7 Å². The number of nitrogens with two attached hydrogens (primary N) is 1. The minimum Gasteiger partial charge on any atom is -0.396 e. The molecule has 0 aliphatic carbocycles. The Morgan fingerprint density at radius 1 is 1.50 bits per heavy atom. The summed E-state index contributed by atoms with van der Waals surface area (Å²) in [5.41, 5.74) is 5.70. The fourth-order valence-electron chi connectivity index (χ4n) is 1.71. The first-order valence-electron chi connectivity index (χ1n) is 4.49. The molecule has 0 aromatic carbocycles. The van der Waals surface area contributed by atoms with Crippen LogP contribution >= 0.6 is 0 Å². The minimum atomic E-state index is -1.19. The number of rotatable bonds is 4. The van der Waals surface area contributed by atoms with E-state index >= 15 is 0 Å².